The number of anilines is 1. The maximum atomic E-state index is 11.9. The maximum absolute atomic E-state index is 11.9. The van der Waals surface area contributed by atoms with Crippen LogP contribution < -0.4 is 14.5 Å². The lowest BCUT2D eigenvalue weighted by atomic mass is 10.1. The summed E-state index contributed by atoms with van der Waals surface area (Å²) in [6.45, 7) is 6.72. The van der Waals surface area contributed by atoms with Crippen LogP contribution in [-0.4, -0.2) is 23.3 Å². The van der Waals surface area contributed by atoms with E-state index < -0.39 is 5.24 Å². The van der Waals surface area contributed by atoms with Crippen molar-refractivity contribution in [3.05, 3.63) is 53.1 Å². The summed E-state index contributed by atoms with van der Waals surface area (Å²) < 4.78 is 11.4. The predicted molar refractivity (Wildman–Crippen MR) is 106 cm³/mol. The molecule has 2 aromatic carbocycles. The minimum absolute atomic E-state index is 0.229. The molecule has 140 valence electrons. The van der Waals surface area contributed by atoms with Crippen LogP contribution in [0.3, 0.4) is 0 Å². The van der Waals surface area contributed by atoms with Gasteiger partial charge >= 0.3 is 5.24 Å². The van der Waals surface area contributed by atoms with Gasteiger partial charge < -0.3 is 9.47 Å². The topological polar surface area (TPSA) is 59.0 Å². The number of hydrogen-bond acceptors (Lipinski definition) is 5. The molecule has 0 unspecified atom stereocenters. The van der Waals surface area contributed by atoms with E-state index in [2.05, 4.69) is 13.0 Å². The number of rotatable bonds is 7. The van der Waals surface area contributed by atoms with E-state index in [9.17, 15) is 10.0 Å². The van der Waals surface area contributed by atoms with Crippen LogP contribution in [0.15, 0.2) is 36.4 Å². The molecule has 0 saturated heterocycles. The van der Waals surface area contributed by atoms with Crippen LogP contribution in [0.1, 0.15) is 30.5 Å². The molecule has 0 aliphatic carbocycles. The van der Waals surface area contributed by atoms with Gasteiger partial charge in [0.2, 0.25) is 0 Å². The van der Waals surface area contributed by atoms with Crippen molar-refractivity contribution in [1.82, 2.24) is 0 Å². The lowest BCUT2D eigenvalue weighted by Gasteiger charge is -2.19. The van der Waals surface area contributed by atoms with Crippen molar-refractivity contribution in [1.29, 1.82) is 0 Å². The highest BCUT2D eigenvalue weighted by Crippen LogP contribution is 2.29. The van der Waals surface area contributed by atoms with Gasteiger partial charge in [0.05, 0.1) is 12.3 Å². The molecule has 0 atom stereocenters. The number of ether oxygens (including phenoxy) is 2. The Morgan fingerprint density at radius 2 is 1.92 bits per heavy atom. The van der Waals surface area contributed by atoms with Gasteiger partial charge in [-0.2, -0.15) is 5.06 Å². The second-order valence-electron chi connectivity index (χ2n) is 5.75. The molecule has 1 N–H and O–H groups in total. The van der Waals surface area contributed by atoms with Crippen molar-refractivity contribution >= 4 is 22.7 Å². The average molecular weight is 375 g/mol. The van der Waals surface area contributed by atoms with Crippen molar-refractivity contribution < 1.29 is 19.5 Å². The van der Waals surface area contributed by atoms with Gasteiger partial charge in [0.1, 0.15) is 18.1 Å². The van der Waals surface area contributed by atoms with Gasteiger partial charge in [0, 0.05) is 11.6 Å². The first-order valence-corrected chi connectivity index (χ1v) is 9.77. The average Bonchev–Trinajstić information content (AvgIpc) is 2.66. The van der Waals surface area contributed by atoms with E-state index in [0.29, 0.717) is 28.7 Å². The third kappa shape index (κ3) is 4.93. The molecule has 0 aromatic heterocycles. The number of hydroxylamine groups is 1. The van der Waals surface area contributed by atoms with Crippen LogP contribution in [0.5, 0.6) is 11.5 Å². The van der Waals surface area contributed by atoms with Crippen molar-refractivity contribution in [3.8, 4) is 11.5 Å². The standard InChI is InChI=1S/C20H25NO4S/c1-5-15-7-10-19(14(3)11-15)25-13-16-8-9-17(24-6-2)12-18(16)21(23)20(22)26-4/h7-12,23H,5-6,13H2,1-4H3. The van der Waals surface area contributed by atoms with Crippen molar-refractivity contribution in [3.63, 3.8) is 0 Å². The van der Waals surface area contributed by atoms with Gasteiger partial charge in [-0.15, -0.1) is 0 Å². The lowest BCUT2D eigenvalue weighted by Crippen LogP contribution is -2.24. The minimum Gasteiger partial charge on any atom is -0.494 e. The molecule has 0 spiro atoms. The fourth-order valence-corrected chi connectivity index (χ4v) is 2.82. The molecule has 0 saturated carbocycles. The fourth-order valence-electron chi connectivity index (χ4n) is 2.55. The molecule has 1 amide bonds. The van der Waals surface area contributed by atoms with Crippen LogP contribution in [0, 0.1) is 6.92 Å². The number of carbonyl (C=O) groups is 1. The molecule has 5 nitrogen and oxygen atoms in total. The monoisotopic (exact) mass is 375 g/mol. The summed E-state index contributed by atoms with van der Waals surface area (Å²) in [4.78, 5) is 11.9. The van der Waals surface area contributed by atoms with Gasteiger partial charge in [-0.1, -0.05) is 30.8 Å². The lowest BCUT2D eigenvalue weighted by molar-refractivity contribution is 0.223. The zero-order valence-electron chi connectivity index (χ0n) is 15.6. The van der Waals surface area contributed by atoms with Gasteiger partial charge in [-0.25, -0.2) is 0 Å². The van der Waals surface area contributed by atoms with Crippen molar-refractivity contribution in [2.75, 3.05) is 17.9 Å². The largest absolute Gasteiger partial charge is 0.494 e. The molecule has 26 heavy (non-hydrogen) atoms. The van der Waals surface area contributed by atoms with E-state index >= 15 is 0 Å². The summed E-state index contributed by atoms with van der Waals surface area (Å²) >= 11 is 0.932. The highest BCUT2D eigenvalue weighted by atomic mass is 32.2. The molecular weight excluding hydrogens is 350 g/mol. The van der Waals surface area contributed by atoms with Crippen LogP contribution in [0.25, 0.3) is 0 Å². The third-order valence-electron chi connectivity index (χ3n) is 3.97. The van der Waals surface area contributed by atoms with Crippen molar-refractivity contribution in [2.45, 2.75) is 33.8 Å². The van der Waals surface area contributed by atoms with E-state index in [1.54, 1.807) is 24.5 Å². The highest BCUT2D eigenvalue weighted by Gasteiger charge is 2.18. The van der Waals surface area contributed by atoms with Crippen LogP contribution >= 0.6 is 11.8 Å². The van der Waals surface area contributed by atoms with Gasteiger partial charge in [-0.3, -0.25) is 10.0 Å². The fraction of sp³-hybridized carbons (Fsp3) is 0.350. The minimum atomic E-state index is -0.469. The number of benzene rings is 2. The molecule has 2 aromatic rings. The summed E-state index contributed by atoms with van der Waals surface area (Å²) in [5.74, 6) is 1.37. The number of thioether (sulfide) groups is 1. The normalized spacial score (nSPS) is 10.5. The molecule has 0 bridgehead atoms. The molecule has 0 heterocycles. The van der Waals surface area contributed by atoms with Crippen LogP contribution in [0.4, 0.5) is 10.5 Å². The Morgan fingerprint density at radius 3 is 2.54 bits per heavy atom. The molecule has 0 fully saturated rings. The Hall–Kier alpha value is -2.18. The quantitative estimate of drug-likeness (QED) is 0.531. The molecular formula is C20H25NO4S. The SMILES string of the molecule is CCOc1ccc(COc2ccc(CC)cc2C)c(N(O)C(=O)SC)c1. The zero-order chi connectivity index (χ0) is 19.1. The molecule has 0 aliphatic heterocycles. The Kier molecular flexibility index (Phi) is 7.36. The van der Waals surface area contributed by atoms with Gasteiger partial charge in [0.25, 0.3) is 0 Å². The summed E-state index contributed by atoms with van der Waals surface area (Å²) in [6.07, 6.45) is 2.59. The zero-order valence-corrected chi connectivity index (χ0v) is 16.4. The van der Waals surface area contributed by atoms with Gasteiger partial charge in [-0.05, 0) is 55.9 Å². The Balaban J connectivity index is 2.26. The summed E-state index contributed by atoms with van der Waals surface area (Å²) in [6, 6.07) is 11.3. The molecule has 2 rings (SSSR count). The van der Waals surface area contributed by atoms with E-state index in [1.165, 1.54) is 5.56 Å². The van der Waals surface area contributed by atoms with Gasteiger partial charge in [0.15, 0.2) is 0 Å². The van der Waals surface area contributed by atoms with Crippen LogP contribution in [-0.2, 0) is 13.0 Å². The summed E-state index contributed by atoms with van der Waals surface area (Å²) in [5.41, 5.74) is 3.36. The van der Waals surface area contributed by atoms with E-state index in [1.807, 2.05) is 26.0 Å². The Bertz CT molecular complexity index is 763. The van der Waals surface area contributed by atoms with Crippen molar-refractivity contribution in [2.24, 2.45) is 0 Å². The number of nitrogens with zero attached hydrogens (tertiary/aromatic N) is 1. The van der Waals surface area contributed by atoms with E-state index in [0.717, 1.165) is 29.5 Å². The summed E-state index contributed by atoms with van der Waals surface area (Å²) in [7, 11) is 0. The number of aryl methyl sites for hydroxylation is 2. The Morgan fingerprint density at radius 1 is 1.15 bits per heavy atom. The second kappa shape index (κ2) is 9.50. The Labute approximate surface area is 158 Å². The number of hydrogen-bond donors (Lipinski definition) is 1. The first kappa shape index (κ1) is 20.1. The molecule has 6 heteroatoms. The summed E-state index contributed by atoms with van der Waals surface area (Å²) in [5, 5.41) is 10.4. The number of carbonyl (C=O) groups excluding carboxylic acids is 1. The smallest absolute Gasteiger partial charge is 0.309 e. The maximum Gasteiger partial charge on any atom is 0.309 e. The first-order chi connectivity index (χ1) is 12.5. The highest BCUT2D eigenvalue weighted by molar-refractivity contribution is 8.13. The third-order valence-corrected chi connectivity index (χ3v) is 4.50. The van der Waals surface area contributed by atoms with E-state index in [4.69, 9.17) is 9.47 Å². The first-order valence-electron chi connectivity index (χ1n) is 8.55. The van der Waals surface area contributed by atoms with Crippen LogP contribution in [0.2, 0.25) is 0 Å². The predicted octanol–water partition coefficient (Wildman–Crippen LogP) is 5.21. The molecule has 0 radical (unpaired) electrons. The van der Waals surface area contributed by atoms with E-state index in [-0.39, 0.29) is 6.61 Å². The molecule has 0 aliphatic rings. The number of amides is 1. The second-order valence-corrected chi connectivity index (χ2v) is 6.50.